The Morgan fingerprint density at radius 1 is 1.46 bits per heavy atom. The first kappa shape index (κ1) is 9.83. The molecule has 1 rings (SSSR count). The molecule has 13 heavy (non-hydrogen) atoms. The molecule has 0 bridgehead atoms. The van der Waals surface area contributed by atoms with Crippen LogP contribution in [0.25, 0.3) is 0 Å². The van der Waals surface area contributed by atoms with Gasteiger partial charge in [-0.25, -0.2) is 0 Å². The number of rotatable bonds is 4. The molecule has 74 valence electrons. The largest absolute Gasteiger partial charge is 0.390 e. The zero-order chi connectivity index (χ0) is 9.84. The van der Waals surface area contributed by atoms with Crippen LogP contribution in [0.15, 0.2) is 4.42 Å². The van der Waals surface area contributed by atoms with Crippen molar-refractivity contribution in [3.05, 3.63) is 0 Å². The number of hydrogen-bond donors (Lipinski definition) is 1. The maximum atomic E-state index is 5.35. The Labute approximate surface area is 77.9 Å². The van der Waals surface area contributed by atoms with E-state index < -0.39 is 0 Å². The predicted octanol–water partition coefficient (Wildman–Crippen LogP) is 1.28. The van der Waals surface area contributed by atoms with Crippen molar-refractivity contribution in [2.24, 2.45) is 0 Å². The maximum Gasteiger partial charge on any atom is 0.319 e. The molecule has 0 fully saturated rings. The molecule has 0 aliphatic rings. The van der Waals surface area contributed by atoms with Crippen molar-refractivity contribution in [1.29, 1.82) is 0 Å². The average molecular weight is 184 g/mol. The highest BCUT2D eigenvalue weighted by atomic mass is 16.4. The number of hydrogen-bond acceptors (Lipinski definition) is 5. The molecule has 0 amide bonds. The number of nitrogen functional groups attached to an aromatic ring is 1. The van der Waals surface area contributed by atoms with Crippen LogP contribution in [0.4, 0.5) is 12.0 Å². The SMILES string of the molecule is CCC(C)N(CC)c1nnc(N)o1. The van der Waals surface area contributed by atoms with E-state index in [9.17, 15) is 0 Å². The third kappa shape index (κ3) is 2.11. The summed E-state index contributed by atoms with van der Waals surface area (Å²) in [5, 5.41) is 7.46. The first-order chi connectivity index (χ1) is 6.19. The Bertz CT molecular complexity index is 260. The quantitative estimate of drug-likeness (QED) is 0.763. The third-order valence-electron chi connectivity index (χ3n) is 2.14. The fourth-order valence-corrected chi connectivity index (χ4v) is 1.20. The van der Waals surface area contributed by atoms with Crippen LogP contribution >= 0.6 is 0 Å². The first-order valence-electron chi connectivity index (χ1n) is 4.54. The summed E-state index contributed by atoms with van der Waals surface area (Å²) < 4.78 is 5.14. The fraction of sp³-hybridized carbons (Fsp3) is 0.750. The van der Waals surface area contributed by atoms with Crippen molar-refractivity contribution >= 4 is 12.0 Å². The van der Waals surface area contributed by atoms with Crippen molar-refractivity contribution in [1.82, 2.24) is 10.2 Å². The summed E-state index contributed by atoms with van der Waals surface area (Å²) in [5.74, 6) is 0. The molecule has 1 atom stereocenters. The molecule has 1 aromatic rings. The normalized spacial score (nSPS) is 12.8. The van der Waals surface area contributed by atoms with Gasteiger partial charge in [0.25, 0.3) is 0 Å². The Morgan fingerprint density at radius 2 is 2.15 bits per heavy atom. The highest BCUT2D eigenvalue weighted by Gasteiger charge is 2.16. The van der Waals surface area contributed by atoms with Gasteiger partial charge in [-0.15, -0.1) is 0 Å². The second kappa shape index (κ2) is 4.11. The van der Waals surface area contributed by atoms with Crippen LogP contribution in [-0.2, 0) is 0 Å². The molecule has 0 saturated heterocycles. The van der Waals surface area contributed by atoms with Gasteiger partial charge in [0, 0.05) is 12.6 Å². The van der Waals surface area contributed by atoms with Gasteiger partial charge in [0.15, 0.2) is 0 Å². The average Bonchev–Trinajstić information content (AvgIpc) is 2.53. The number of nitrogens with zero attached hydrogens (tertiary/aromatic N) is 3. The van der Waals surface area contributed by atoms with Crippen molar-refractivity contribution in [2.75, 3.05) is 17.2 Å². The van der Waals surface area contributed by atoms with Gasteiger partial charge >= 0.3 is 12.0 Å². The van der Waals surface area contributed by atoms with Gasteiger partial charge in [0.05, 0.1) is 0 Å². The summed E-state index contributed by atoms with van der Waals surface area (Å²) in [6.45, 7) is 7.13. The number of anilines is 2. The van der Waals surface area contributed by atoms with E-state index in [1.165, 1.54) is 0 Å². The Hall–Kier alpha value is -1.26. The number of aromatic nitrogens is 2. The summed E-state index contributed by atoms with van der Waals surface area (Å²) >= 11 is 0. The van der Waals surface area contributed by atoms with E-state index >= 15 is 0 Å². The standard InChI is InChI=1S/C8H16N4O/c1-4-6(3)12(5-2)8-11-10-7(9)13-8/h6H,4-5H2,1-3H3,(H2,9,10). The zero-order valence-electron chi connectivity index (χ0n) is 8.32. The summed E-state index contributed by atoms with van der Waals surface area (Å²) in [6, 6.07) is 1.02. The zero-order valence-corrected chi connectivity index (χ0v) is 8.32. The minimum absolute atomic E-state index is 0.122. The first-order valence-corrected chi connectivity index (χ1v) is 4.54. The van der Waals surface area contributed by atoms with Crippen LogP contribution in [0.2, 0.25) is 0 Å². The molecule has 0 saturated carbocycles. The molecule has 0 aromatic carbocycles. The van der Waals surface area contributed by atoms with Crippen LogP contribution < -0.4 is 10.6 Å². The van der Waals surface area contributed by atoms with Crippen LogP contribution in [0.1, 0.15) is 27.2 Å². The van der Waals surface area contributed by atoms with E-state index in [2.05, 4.69) is 24.0 Å². The maximum absolute atomic E-state index is 5.35. The van der Waals surface area contributed by atoms with Crippen LogP contribution in [0, 0.1) is 0 Å². The second-order valence-corrected chi connectivity index (χ2v) is 2.97. The molecular formula is C8H16N4O. The predicted molar refractivity (Wildman–Crippen MR) is 51.5 cm³/mol. The lowest BCUT2D eigenvalue weighted by Crippen LogP contribution is -2.32. The Balaban J connectivity index is 2.77. The minimum Gasteiger partial charge on any atom is -0.390 e. The van der Waals surface area contributed by atoms with Crippen molar-refractivity contribution in [3.63, 3.8) is 0 Å². The van der Waals surface area contributed by atoms with Gasteiger partial charge in [-0.1, -0.05) is 17.1 Å². The van der Waals surface area contributed by atoms with Gasteiger partial charge in [0.2, 0.25) is 0 Å². The highest BCUT2D eigenvalue weighted by Crippen LogP contribution is 2.16. The molecule has 1 unspecified atom stereocenters. The van der Waals surface area contributed by atoms with Gasteiger partial charge in [-0.05, 0) is 20.3 Å². The monoisotopic (exact) mass is 184 g/mol. The van der Waals surface area contributed by atoms with Crippen LogP contribution in [0.5, 0.6) is 0 Å². The Morgan fingerprint density at radius 3 is 2.54 bits per heavy atom. The van der Waals surface area contributed by atoms with Crippen LogP contribution in [-0.4, -0.2) is 22.8 Å². The second-order valence-electron chi connectivity index (χ2n) is 2.97. The fourth-order valence-electron chi connectivity index (χ4n) is 1.20. The molecule has 1 aromatic heterocycles. The summed E-state index contributed by atoms with van der Waals surface area (Å²) in [5.41, 5.74) is 5.35. The van der Waals surface area contributed by atoms with Crippen molar-refractivity contribution in [2.45, 2.75) is 33.2 Å². The van der Waals surface area contributed by atoms with Crippen molar-refractivity contribution < 1.29 is 4.42 Å². The summed E-state index contributed by atoms with van der Waals surface area (Å²) in [7, 11) is 0. The van der Waals surface area contributed by atoms with Gasteiger partial charge in [-0.3, -0.25) is 0 Å². The molecule has 0 radical (unpaired) electrons. The topological polar surface area (TPSA) is 68.2 Å². The van der Waals surface area contributed by atoms with E-state index in [-0.39, 0.29) is 6.01 Å². The molecular weight excluding hydrogens is 168 g/mol. The molecule has 1 heterocycles. The Kier molecular flexibility index (Phi) is 3.11. The molecule has 0 spiro atoms. The van der Waals surface area contributed by atoms with Crippen molar-refractivity contribution in [3.8, 4) is 0 Å². The molecule has 5 heteroatoms. The lowest BCUT2D eigenvalue weighted by molar-refractivity contribution is 0.512. The van der Waals surface area contributed by atoms with E-state index in [4.69, 9.17) is 10.2 Å². The molecule has 5 nitrogen and oxygen atoms in total. The van der Waals surface area contributed by atoms with Gasteiger partial charge in [0.1, 0.15) is 0 Å². The number of nitrogens with two attached hydrogens (primary N) is 1. The lowest BCUT2D eigenvalue weighted by atomic mass is 10.2. The highest BCUT2D eigenvalue weighted by molar-refractivity contribution is 5.28. The molecule has 0 aliphatic carbocycles. The summed E-state index contributed by atoms with van der Waals surface area (Å²) in [6.07, 6.45) is 1.04. The van der Waals surface area contributed by atoms with E-state index in [1.807, 2.05) is 11.8 Å². The lowest BCUT2D eigenvalue weighted by Gasteiger charge is -2.24. The molecule has 2 N–H and O–H groups in total. The minimum atomic E-state index is 0.122. The summed E-state index contributed by atoms with van der Waals surface area (Å²) in [4.78, 5) is 2.03. The molecule has 0 aliphatic heterocycles. The third-order valence-corrected chi connectivity index (χ3v) is 2.14. The van der Waals surface area contributed by atoms with Crippen LogP contribution in [0.3, 0.4) is 0 Å². The van der Waals surface area contributed by atoms with E-state index in [1.54, 1.807) is 0 Å². The smallest absolute Gasteiger partial charge is 0.319 e. The van der Waals surface area contributed by atoms with E-state index in [0.717, 1.165) is 13.0 Å². The van der Waals surface area contributed by atoms with Gasteiger partial charge < -0.3 is 15.1 Å². The van der Waals surface area contributed by atoms with E-state index in [0.29, 0.717) is 12.1 Å². The van der Waals surface area contributed by atoms with Gasteiger partial charge in [-0.2, -0.15) is 0 Å².